The van der Waals surface area contributed by atoms with Crippen LogP contribution in [0, 0.1) is 0 Å². The highest BCUT2D eigenvalue weighted by atomic mass is 16.2. The van der Waals surface area contributed by atoms with Crippen LogP contribution in [0.25, 0.3) is 0 Å². The van der Waals surface area contributed by atoms with Crippen molar-refractivity contribution in [1.82, 2.24) is 15.5 Å². The predicted octanol–water partition coefficient (Wildman–Crippen LogP) is -0.585. The molecule has 2 unspecified atom stereocenters. The van der Waals surface area contributed by atoms with Gasteiger partial charge in [0.1, 0.15) is 0 Å². The molecular formula is C9H19N3O. The molecule has 0 aliphatic carbocycles. The minimum Gasteiger partial charge on any atom is -0.353 e. The van der Waals surface area contributed by atoms with Crippen LogP contribution in [0.5, 0.6) is 0 Å². The first-order valence-corrected chi connectivity index (χ1v) is 4.85. The van der Waals surface area contributed by atoms with Gasteiger partial charge in [-0.05, 0) is 20.9 Å². The van der Waals surface area contributed by atoms with Gasteiger partial charge in [0, 0.05) is 25.7 Å². The summed E-state index contributed by atoms with van der Waals surface area (Å²) in [6, 6.07) is 0.433. The Kier molecular flexibility index (Phi) is 3.69. The van der Waals surface area contributed by atoms with Gasteiger partial charge in [-0.2, -0.15) is 0 Å². The molecule has 2 atom stereocenters. The Bertz CT molecular complexity index is 184. The molecule has 4 heteroatoms. The number of nitrogens with one attached hydrogen (secondary N) is 2. The van der Waals surface area contributed by atoms with E-state index in [2.05, 4.69) is 22.5 Å². The lowest BCUT2D eigenvalue weighted by Gasteiger charge is -2.37. The summed E-state index contributed by atoms with van der Waals surface area (Å²) < 4.78 is 0. The second-order valence-corrected chi connectivity index (χ2v) is 3.61. The minimum absolute atomic E-state index is 0.0112. The molecule has 76 valence electrons. The number of rotatable bonds is 3. The Hall–Kier alpha value is -0.610. The normalized spacial score (nSPS) is 27.0. The average molecular weight is 185 g/mol. The number of hydrogen-bond donors (Lipinski definition) is 2. The molecule has 1 aliphatic heterocycles. The van der Waals surface area contributed by atoms with Gasteiger partial charge in [0.25, 0.3) is 0 Å². The monoisotopic (exact) mass is 185 g/mol. The van der Waals surface area contributed by atoms with Crippen molar-refractivity contribution in [2.75, 3.05) is 26.7 Å². The van der Waals surface area contributed by atoms with E-state index in [0.29, 0.717) is 6.04 Å². The van der Waals surface area contributed by atoms with Crippen molar-refractivity contribution in [3.63, 3.8) is 0 Å². The van der Waals surface area contributed by atoms with E-state index in [-0.39, 0.29) is 11.9 Å². The molecule has 1 heterocycles. The molecule has 1 aliphatic rings. The van der Waals surface area contributed by atoms with Crippen LogP contribution in [-0.2, 0) is 4.79 Å². The van der Waals surface area contributed by atoms with Crippen LogP contribution in [0.2, 0.25) is 0 Å². The van der Waals surface area contributed by atoms with Gasteiger partial charge in [0.05, 0.1) is 6.04 Å². The molecule has 0 saturated carbocycles. The third-order valence-corrected chi connectivity index (χ3v) is 2.61. The standard InChI is InChI=1S/C9H19N3O/c1-7(6-10-3)12-5-4-11-9(13)8(12)2/h7-8,10H,4-6H2,1-3H3,(H,11,13). The zero-order valence-electron chi connectivity index (χ0n) is 8.63. The van der Waals surface area contributed by atoms with Gasteiger partial charge < -0.3 is 10.6 Å². The Morgan fingerprint density at radius 1 is 1.77 bits per heavy atom. The minimum atomic E-state index is 0.0112. The summed E-state index contributed by atoms with van der Waals surface area (Å²) >= 11 is 0. The highest BCUT2D eigenvalue weighted by Gasteiger charge is 2.28. The summed E-state index contributed by atoms with van der Waals surface area (Å²) in [6.45, 7) is 6.76. The van der Waals surface area contributed by atoms with Gasteiger partial charge in [-0.3, -0.25) is 9.69 Å². The number of carbonyl (C=O) groups excluding carboxylic acids is 1. The third-order valence-electron chi connectivity index (χ3n) is 2.61. The lowest BCUT2D eigenvalue weighted by Crippen LogP contribution is -2.58. The second-order valence-electron chi connectivity index (χ2n) is 3.61. The van der Waals surface area contributed by atoms with Gasteiger partial charge in [-0.15, -0.1) is 0 Å². The smallest absolute Gasteiger partial charge is 0.237 e. The Balaban J connectivity index is 2.51. The Morgan fingerprint density at radius 2 is 2.46 bits per heavy atom. The van der Waals surface area contributed by atoms with E-state index in [1.54, 1.807) is 0 Å². The van der Waals surface area contributed by atoms with Crippen LogP contribution >= 0.6 is 0 Å². The molecule has 0 bridgehead atoms. The van der Waals surface area contributed by atoms with Gasteiger partial charge in [-0.25, -0.2) is 0 Å². The lowest BCUT2D eigenvalue weighted by molar-refractivity contribution is -0.129. The summed E-state index contributed by atoms with van der Waals surface area (Å²) in [5, 5.41) is 5.98. The SMILES string of the molecule is CNCC(C)N1CCNC(=O)C1C. The van der Waals surface area contributed by atoms with Crippen molar-refractivity contribution >= 4 is 5.91 Å². The van der Waals surface area contributed by atoms with Crippen LogP contribution in [0.3, 0.4) is 0 Å². The molecule has 1 saturated heterocycles. The molecule has 2 N–H and O–H groups in total. The van der Waals surface area contributed by atoms with E-state index in [1.807, 2.05) is 14.0 Å². The van der Waals surface area contributed by atoms with Gasteiger partial charge in [-0.1, -0.05) is 0 Å². The second kappa shape index (κ2) is 4.58. The molecule has 1 amide bonds. The quantitative estimate of drug-likeness (QED) is 0.618. The molecule has 0 aromatic rings. The highest BCUT2D eigenvalue weighted by Crippen LogP contribution is 2.07. The molecule has 0 aromatic carbocycles. The van der Waals surface area contributed by atoms with E-state index in [1.165, 1.54) is 0 Å². The fourth-order valence-electron chi connectivity index (χ4n) is 1.81. The van der Waals surface area contributed by atoms with Crippen molar-refractivity contribution < 1.29 is 4.79 Å². The number of hydrogen-bond acceptors (Lipinski definition) is 3. The van der Waals surface area contributed by atoms with E-state index < -0.39 is 0 Å². The summed E-state index contributed by atoms with van der Waals surface area (Å²) in [7, 11) is 1.94. The van der Waals surface area contributed by atoms with Crippen LogP contribution < -0.4 is 10.6 Å². The number of nitrogens with zero attached hydrogens (tertiary/aromatic N) is 1. The van der Waals surface area contributed by atoms with Crippen LogP contribution in [0.4, 0.5) is 0 Å². The summed E-state index contributed by atoms with van der Waals surface area (Å²) in [4.78, 5) is 13.6. The van der Waals surface area contributed by atoms with Crippen molar-refractivity contribution in [2.24, 2.45) is 0 Å². The van der Waals surface area contributed by atoms with E-state index in [4.69, 9.17) is 0 Å². The Labute approximate surface area is 79.7 Å². The summed E-state index contributed by atoms with van der Waals surface area (Å²) in [5.74, 6) is 0.147. The van der Waals surface area contributed by atoms with Crippen LogP contribution in [0.15, 0.2) is 0 Å². The number of carbonyl (C=O) groups is 1. The van der Waals surface area contributed by atoms with Gasteiger partial charge in [0.15, 0.2) is 0 Å². The van der Waals surface area contributed by atoms with Crippen molar-refractivity contribution in [3.05, 3.63) is 0 Å². The summed E-state index contributed by atoms with van der Waals surface area (Å²) in [6.07, 6.45) is 0. The maximum absolute atomic E-state index is 11.3. The largest absolute Gasteiger partial charge is 0.353 e. The molecule has 0 radical (unpaired) electrons. The molecular weight excluding hydrogens is 166 g/mol. The molecule has 13 heavy (non-hydrogen) atoms. The molecule has 0 spiro atoms. The van der Waals surface area contributed by atoms with Crippen molar-refractivity contribution in [3.8, 4) is 0 Å². The van der Waals surface area contributed by atoms with E-state index in [0.717, 1.165) is 19.6 Å². The summed E-state index contributed by atoms with van der Waals surface area (Å²) in [5.41, 5.74) is 0. The first-order valence-electron chi connectivity index (χ1n) is 4.85. The predicted molar refractivity (Wildman–Crippen MR) is 52.6 cm³/mol. The molecule has 1 rings (SSSR count). The van der Waals surface area contributed by atoms with E-state index >= 15 is 0 Å². The third kappa shape index (κ3) is 2.42. The van der Waals surface area contributed by atoms with Crippen LogP contribution in [0.1, 0.15) is 13.8 Å². The number of amides is 1. The first-order chi connectivity index (χ1) is 6.16. The maximum atomic E-state index is 11.3. The molecule has 4 nitrogen and oxygen atoms in total. The van der Waals surface area contributed by atoms with Gasteiger partial charge in [0.2, 0.25) is 5.91 Å². The van der Waals surface area contributed by atoms with Gasteiger partial charge >= 0.3 is 0 Å². The fourth-order valence-corrected chi connectivity index (χ4v) is 1.81. The molecule has 0 aromatic heterocycles. The van der Waals surface area contributed by atoms with Crippen molar-refractivity contribution in [1.29, 1.82) is 0 Å². The van der Waals surface area contributed by atoms with Crippen molar-refractivity contribution in [2.45, 2.75) is 25.9 Å². The average Bonchev–Trinajstić information content (AvgIpc) is 2.10. The topological polar surface area (TPSA) is 44.4 Å². The van der Waals surface area contributed by atoms with Crippen LogP contribution in [-0.4, -0.2) is 49.6 Å². The Morgan fingerprint density at radius 3 is 3.08 bits per heavy atom. The number of piperazine rings is 1. The lowest BCUT2D eigenvalue weighted by atomic mass is 10.1. The highest BCUT2D eigenvalue weighted by molar-refractivity contribution is 5.82. The maximum Gasteiger partial charge on any atom is 0.237 e. The fraction of sp³-hybridized carbons (Fsp3) is 0.889. The molecule has 1 fully saturated rings. The zero-order valence-corrected chi connectivity index (χ0v) is 8.63. The van der Waals surface area contributed by atoms with E-state index in [9.17, 15) is 4.79 Å². The first kappa shape index (κ1) is 10.5. The zero-order chi connectivity index (χ0) is 9.84. The number of likely N-dealkylation sites (N-methyl/N-ethyl adjacent to an activating group) is 1.